The maximum Gasteiger partial charge on any atom is 2.00 e. The van der Waals surface area contributed by atoms with Crippen LogP contribution in [0.25, 0.3) is 45.6 Å². The van der Waals surface area contributed by atoms with E-state index < -0.39 is 67.1 Å². The van der Waals surface area contributed by atoms with Gasteiger partial charge in [0, 0.05) is 24.8 Å². The molecule has 2 atom stereocenters. The molecule has 0 radical (unpaired) electrons. The van der Waals surface area contributed by atoms with Crippen molar-refractivity contribution in [3.05, 3.63) is 183 Å². The summed E-state index contributed by atoms with van der Waals surface area (Å²) in [6.45, 7) is 0. The van der Waals surface area contributed by atoms with Gasteiger partial charge in [0.05, 0.1) is 45.6 Å². The van der Waals surface area contributed by atoms with Crippen molar-refractivity contribution in [2.75, 3.05) is 0 Å². The van der Waals surface area contributed by atoms with Crippen LogP contribution in [0, 0.1) is 0 Å². The number of pyridine rings is 6. The van der Waals surface area contributed by atoms with Crippen LogP contribution in [0.2, 0.25) is 0 Å². The number of hydrogen-bond acceptors (Lipinski definition) is 16. The molecular formula is C42H32As2N6O12S2Zn2. The van der Waals surface area contributed by atoms with Gasteiger partial charge in [0.1, 0.15) is 0 Å². The second-order valence-corrected chi connectivity index (χ2v) is 21.6. The van der Waals surface area contributed by atoms with E-state index in [1.807, 2.05) is 109 Å². The van der Waals surface area contributed by atoms with E-state index in [0.29, 0.717) is 0 Å². The average molecular weight is 1160 g/mol. The van der Waals surface area contributed by atoms with Gasteiger partial charge in [-0.25, -0.2) is 9.97 Å². The first-order valence-electron chi connectivity index (χ1n) is 18.1. The van der Waals surface area contributed by atoms with E-state index in [0.717, 1.165) is 69.8 Å². The molecule has 0 aliphatic heterocycles. The number of rotatable bonds is 8. The van der Waals surface area contributed by atoms with Gasteiger partial charge in [-0.1, -0.05) is 36.4 Å². The Bertz CT molecular complexity index is 2810. The third-order valence-electron chi connectivity index (χ3n) is 8.09. The monoisotopic (exact) mass is 1150 g/mol. The molecule has 0 spiro atoms. The fourth-order valence-corrected chi connectivity index (χ4v) is 11.7. The molecule has 2 N–H and O–H groups in total. The van der Waals surface area contributed by atoms with Crippen LogP contribution in [0.3, 0.4) is 0 Å². The topological polar surface area (TPSA) is 312 Å². The Morgan fingerprint density at radius 3 is 0.788 bits per heavy atom. The Labute approximate surface area is 410 Å². The predicted molar refractivity (Wildman–Crippen MR) is 227 cm³/mol. The number of nitrogens with zero attached hydrogens (tertiary/aromatic N) is 6. The van der Waals surface area contributed by atoms with Gasteiger partial charge in [-0.15, -0.1) is 0 Å². The van der Waals surface area contributed by atoms with E-state index >= 15 is 0 Å². The van der Waals surface area contributed by atoms with Crippen molar-refractivity contribution in [1.82, 2.24) is 29.9 Å². The summed E-state index contributed by atoms with van der Waals surface area (Å²) in [4.78, 5) is 24.5. The third kappa shape index (κ3) is 16.7. The van der Waals surface area contributed by atoms with E-state index in [-0.39, 0.29) is 39.0 Å². The Kier molecular flexibility index (Phi) is 21.1. The van der Waals surface area contributed by atoms with Crippen molar-refractivity contribution in [2.24, 2.45) is 0 Å². The standard InChI is InChI=1S/2C15H11N3.2C6H7AsO6S.2Zn/c2*1-3-10-16-12(6-1)14-8-5-9-15(18-14)13-7-2-4-11-17-13;2*8-7(9,10)5-3-1-2-4-6(5)14(11,12)13;;/h2*1-11H;2*1-4H,(H2,8,9,10)(H,11,12,13);;/q;;;;2*+2/p-4. The van der Waals surface area contributed by atoms with Gasteiger partial charge < -0.3 is 0 Å². The smallest absolute Gasteiger partial charge is 0.255 e. The Morgan fingerprint density at radius 1 is 0.364 bits per heavy atom. The molecule has 2 aromatic carbocycles. The number of hydrogen-bond donors (Lipinski definition) is 2. The molecule has 328 valence electrons. The molecule has 0 amide bonds. The molecular weight excluding hydrogens is 1130 g/mol. The van der Waals surface area contributed by atoms with Crippen LogP contribution < -0.4 is 16.9 Å². The van der Waals surface area contributed by atoms with Gasteiger partial charge >= 0.3 is 204 Å². The minimum Gasteiger partial charge on any atom is -0.255 e. The number of benzene rings is 2. The molecule has 0 fully saturated rings. The molecule has 6 aromatic heterocycles. The maximum absolute atomic E-state index is 10.7. The molecule has 8 aromatic rings. The summed E-state index contributed by atoms with van der Waals surface area (Å²) in [6, 6.07) is 43.2. The summed E-state index contributed by atoms with van der Waals surface area (Å²) in [5, 5.41) is 0. The summed E-state index contributed by atoms with van der Waals surface area (Å²) in [5.41, 5.74) is 6.92. The van der Waals surface area contributed by atoms with Crippen LogP contribution in [-0.4, -0.2) is 92.4 Å². The van der Waals surface area contributed by atoms with Crippen molar-refractivity contribution >= 4 is 57.3 Å². The summed E-state index contributed by atoms with van der Waals surface area (Å²) in [7, 11) is -9.77. The molecule has 0 saturated carbocycles. The molecule has 18 nitrogen and oxygen atoms in total. The molecule has 24 heteroatoms. The van der Waals surface area contributed by atoms with Crippen LogP contribution in [0.1, 0.15) is 0 Å². The molecule has 8 rings (SSSR count). The molecule has 2 unspecified atom stereocenters. The van der Waals surface area contributed by atoms with Gasteiger partial charge in [0.25, 0.3) is 0 Å². The van der Waals surface area contributed by atoms with E-state index in [2.05, 4.69) is 29.9 Å². The molecule has 0 aliphatic rings. The fraction of sp³-hybridized carbons (Fsp3) is 0. The quantitative estimate of drug-likeness (QED) is 0.161. The third-order valence-corrected chi connectivity index (χ3v) is 14.7. The first kappa shape index (κ1) is 55.3. The van der Waals surface area contributed by atoms with Crippen LogP contribution in [-0.2, 0) is 66.7 Å². The normalized spacial score (nSPS) is 12.5. The summed E-state index contributed by atoms with van der Waals surface area (Å²) in [6.07, 6.45) is 7.07. The molecule has 6 heterocycles. The van der Waals surface area contributed by atoms with Crippen LogP contribution in [0.4, 0.5) is 0 Å². The van der Waals surface area contributed by atoms with E-state index in [9.17, 15) is 41.6 Å². The van der Waals surface area contributed by atoms with Gasteiger partial charge in [0.2, 0.25) is 0 Å². The van der Waals surface area contributed by atoms with Crippen LogP contribution in [0.5, 0.6) is 0 Å². The molecule has 0 bridgehead atoms. The molecule has 66 heavy (non-hydrogen) atoms. The first-order valence-corrected chi connectivity index (χ1v) is 27.5. The zero-order chi connectivity index (χ0) is 46.4. The van der Waals surface area contributed by atoms with Gasteiger partial charge in [-0.3, -0.25) is 19.9 Å². The van der Waals surface area contributed by atoms with Crippen molar-refractivity contribution < 1.29 is 88.8 Å². The predicted octanol–water partition coefficient (Wildman–Crippen LogP) is 1.45. The van der Waals surface area contributed by atoms with E-state index in [1.54, 1.807) is 24.8 Å². The van der Waals surface area contributed by atoms with Crippen molar-refractivity contribution in [3.8, 4) is 45.6 Å². The summed E-state index contributed by atoms with van der Waals surface area (Å²) in [5.74, 6) is 0. The maximum atomic E-state index is 10.7. The second kappa shape index (κ2) is 25.2. The second-order valence-electron chi connectivity index (χ2n) is 12.6. The summed E-state index contributed by atoms with van der Waals surface area (Å²) >= 11 is -11.2. The molecule has 0 saturated heterocycles. The van der Waals surface area contributed by atoms with Crippen molar-refractivity contribution in [3.63, 3.8) is 0 Å². The van der Waals surface area contributed by atoms with Gasteiger partial charge in [0.15, 0.2) is 0 Å². The minimum absolute atomic E-state index is 0. The largest absolute Gasteiger partial charge is 2.00 e. The van der Waals surface area contributed by atoms with E-state index in [4.69, 9.17) is 8.19 Å². The van der Waals surface area contributed by atoms with Gasteiger partial charge in [-0.05, 0) is 72.8 Å². The fourth-order valence-electron chi connectivity index (χ4n) is 5.30. The van der Waals surface area contributed by atoms with Crippen LogP contribution >= 0.6 is 0 Å². The zero-order valence-electron chi connectivity index (χ0n) is 34.1. The SMILES string of the molecule is O=S(=O)([O-])c1ccccc1[As](=O)([O-])O.O=S(=O)([O-])c1ccccc1[As](=O)([O-])O.[Zn+2].[Zn+2].c1ccc(-c2cccc(-c3ccccn3)n2)nc1.c1ccc(-c2cccc(-c3ccccn3)n2)nc1. The van der Waals surface area contributed by atoms with Crippen molar-refractivity contribution in [2.45, 2.75) is 9.79 Å². The summed E-state index contributed by atoms with van der Waals surface area (Å²) < 4.78 is 122. The van der Waals surface area contributed by atoms with Gasteiger partial charge in [-0.2, -0.15) is 0 Å². The first-order chi connectivity index (χ1) is 30.3. The van der Waals surface area contributed by atoms with E-state index in [1.165, 1.54) is 24.3 Å². The van der Waals surface area contributed by atoms with Crippen molar-refractivity contribution in [1.29, 1.82) is 0 Å². The minimum atomic E-state index is -5.61. The molecule has 0 aliphatic carbocycles. The average Bonchev–Trinajstić information content (AvgIpc) is 3.30. The number of aromatic nitrogens is 6. The van der Waals surface area contributed by atoms with Crippen LogP contribution in [0.15, 0.2) is 192 Å². The zero-order valence-corrected chi connectivity index (χ0v) is 45.4. The Hall–Kier alpha value is -5.04. The Balaban J connectivity index is 0.000000233. The Morgan fingerprint density at radius 2 is 0.591 bits per heavy atom.